The van der Waals surface area contributed by atoms with E-state index in [9.17, 15) is 5.11 Å². The third kappa shape index (κ3) is 3.76. The first-order chi connectivity index (χ1) is 16.9. The van der Waals surface area contributed by atoms with E-state index in [1.54, 1.807) is 22.0 Å². The Morgan fingerprint density at radius 2 is 1.91 bits per heavy atom. The highest BCUT2D eigenvalue weighted by molar-refractivity contribution is 7.18. The summed E-state index contributed by atoms with van der Waals surface area (Å²) < 4.78 is 2.62. The zero-order valence-corrected chi connectivity index (χ0v) is 20.6. The van der Waals surface area contributed by atoms with Gasteiger partial charge in [-0.05, 0) is 49.4 Å². The number of quaternary nitrogens is 1. The number of pyridine rings is 1. The third-order valence-corrected chi connectivity index (χ3v) is 8.45. The lowest BCUT2D eigenvalue weighted by atomic mass is 9.82. The van der Waals surface area contributed by atoms with E-state index >= 15 is 0 Å². The lowest BCUT2D eigenvalue weighted by Gasteiger charge is -2.50. The van der Waals surface area contributed by atoms with Gasteiger partial charge in [0.25, 0.3) is 0 Å². The second kappa shape index (κ2) is 8.09. The van der Waals surface area contributed by atoms with E-state index in [1.165, 1.54) is 0 Å². The summed E-state index contributed by atoms with van der Waals surface area (Å²) in [5.74, 6) is 0. The van der Waals surface area contributed by atoms with Crippen molar-refractivity contribution in [1.29, 1.82) is 5.26 Å². The first kappa shape index (κ1) is 22.1. The van der Waals surface area contributed by atoms with Crippen LogP contribution in [0.2, 0.25) is 0 Å². The molecule has 3 fully saturated rings. The quantitative estimate of drug-likeness (QED) is 0.411. The molecule has 0 amide bonds. The van der Waals surface area contributed by atoms with Gasteiger partial charge in [-0.15, -0.1) is 5.10 Å². The molecule has 0 unspecified atom stereocenters. The second-order valence-electron chi connectivity index (χ2n) is 10.0. The Morgan fingerprint density at radius 3 is 2.63 bits per heavy atom. The van der Waals surface area contributed by atoms with Crippen LogP contribution < -0.4 is 9.80 Å². The second-order valence-corrected chi connectivity index (χ2v) is 11.0. The summed E-state index contributed by atoms with van der Waals surface area (Å²) in [7, 11) is 0. The zero-order chi connectivity index (χ0) is 24.2. The van der Waals surface area contributed by atoms with Crippen molar-refractivity contribution in [3.05, 3.63) is 42.2 Å². The molecule has 0 aliphatic carbocycles. The van der Waals surface area contributed by atoms with Crippen LogP contribution in [0, 0.1) is 11.3 Å². The van der Waals surface area contributed by atoms with Crippen LogP contribution >= 0.6 is 11.3 Å². The van der Waals surface area contributed by atoms with E-state index in [1.807, 2.05) is 30.5 Å². The average Bonchev–Trinajstić information content (AvgIpc) is 3.52. The summed E-state index contributed by atoms with van der Waals surface area (Å²) in [6.45, 7) is 6.96. The smallest absolute Gasteiger partial charge is 0.307 e. The monoisotopic (exact) mass is 487 g/mol. The van der Waals surface area contributed by atoms with Gasteiger partial charge in [0.15, 0.2) is 5.01 Å². The first-order valence-electron chi connectivity index (χ1n) is 12.0. The van der Waals surface area contributed by atoms with E-state index in [2.05, 4.69) is 40.5 Å². The van der Waals surface area contributed by atoms with Gasteiger partial charge in [-0.3, -0.25) is 9.47 Å². The number of nitrogens with zero attached hydrogens (tertiary/aromatic N) is 7. The van der Waals surface area contributed by atoms with Gasteiger partial charge in [-0.2, -0.15) is 10.4 Å². The number of nitrogens with one attached hydrogen (secondary N) is 1. The molecule has 9 nitrogen and oxygen atoms in total. The Balaban J connectivity index is 1.37. The molecule has 0 spiro atoms. The van der Waals surface area contributed by atoms with E-state index in [0.717, 1.165) is 81.7 Å². The van der Waals surface area contributed by atoms with E-state index in [-0.39, 0.29) is 6.04 Å². The molecule has 0 atom stereocenters. The van der Waals surface area contributed by atoms with Gasteiger partial charge in [0.1, 0.15) is 6.07 Å². The number of nitriles is 1. The van der Waals surface area contributed by atoms with Gasteiger partial charge in [0.05, 0.1) is 59.5 Å². The molecule has 4 aromatic rings. The van der Waals surface area contributed by atoms with E-state index < -0.39 is 5.60 Å². The van der Waals surface area contributed by atoms with Gasteiger partial charge < -0.3 is 10.4 Å². The van der Waals surface area contributed by atoms with Crippen molar-refractivity contribution >= 4 is 27.7 Å². The van der Waals surface area contributed by atoms with E-state index in [4.69, 9.17) is 10.2 Å². The Kier molecular flexibility index (Phi) is 5.11. The summed E-state index contributed by atoms with van der Waals surface area (Å²) >= 11 is 1.63. The van der Waals surface area contributed by atoms with Crippen LogP contribution in [0.25, 0.3) is 27.5 Å². The Bertz CT molecular complexity index is 1440. The number of anilines is 1. The van der Waals surface area contributed by atoms with Gasteiger partial charge in [-0.25, -0.2) is 4.52 Å². The van der Waals surface area contributed by atoms with Gasteiger partial charge in [0.2, 0.25) is 0 Å². The maximum atomic E-state index is 10.6. The molecule has 35 heavy (non-hydrogen) atoms. The van der Waals surface area contributed by atoms with Crippen LogP contribution in [0.5, 0.6) is 0 Å². The number of hydrogen-bond donors (Lipinski definition) is 2. The highest BCUT2D eigenvalue weighted by atomic mass is 32.1. The molecule has 3 saturated heterocycles. The maximum Gasteiger partial charge on any atom is 0.307 e. The maximum absolute atomic E-state index is 10.6. The van der Waals surface area contributed by atoms with Gasteiger partial charge in [-0.1, -0.05) is 5.10 Å². The van der Waals surface area contributed by atoms with Crippen molar-refractivity contribution in [3.63, 3.8) is 0 Å². The van der Waals surface area contributed by atoms with E-state index in [0.29, 0.717) is 5.56 Å². The van der Waals surface area contributed by atoms with Gasteiger partial charge >= 0.3 is 5.13 Å². The fraction of sp³-hybridized carbons (Fsp3) is 0.400. The summed E-state index contributed by atoms with van der Waals surface area (Å²) in [6.07, 6.45) is 5.91. The Labute approximate surface area is 207 Å². The molecular weight excluding hydrogens is 460 g/mol. The van der Waals surface area contributed by atoms with Crippen molar-refractivity contribution in [3.8, 4) is 28.0 Å². The van der Waals surface area contributed by atoms with Crippen LogP contribution in [-0.2, 0) is 0 Å². The summed E-state index contributed by atoms with van der Waals surface area (Å²) in [6, 6.07) is 10.1. The Morgan fingerprint density at radius 1 is 1.14 bits per heavy atom. The number of rotatable bonds is 5. The predicted molar refractivity (Wildman–Crippen MR) is 136 cm³/mol. The molecule has 7 rings (SSSR count). The van der Waals surface area contributed by atoms with Crippen molar-refractivity contribution in [2.45, 2.75) is 44.8 Å². The van der Waals surface area contributed by atoms with Crippen LogP contribution in [0.3, 0.4) is 0 Å². The van der Waals surface area contributed by atoms with Crippen molar-refractivity contribution in [1.82, 2.24) is 29.3 Å². The minimum atomic E-state index is -0.477. The lowest BCUT2D eigenvalue weighted by molar-refractivity contribution is -0.0679. The molecule has 178 valence electrons. The Hall–Kier alpha value is -3.39. The standard InChI is InChI=1S/C25H27N8OS/c1-16(2)29-20-12-21(22-4-3-18-11-17(13-26)14-28-32(18)22)27-15-19(20)23-30-31-24(35-23)33-8-5-25(34,6-9-33)7-10-33/h3-4,11-12,14-16,34H,5-10H2,1-2H3,(H,27,29)/q+1. The fourth-order valence-electron chi connectivity index (χ4n) is 5.23. The molecule has 3 aliphatic heterocycles. The number of hydrogen-bond acceptors (Lipinski definition) is 8. The van der Waals surface area contributed by atoms with Crippen molar-refractivity contribution in [2.24, 2.45) is 0 Å². The predicted octanol–water partition coefficient (Wildman–Crippen LogP) is 3.84. The highest BCUT2D eigenvalue weighted by Gasteiger charge is 2.50. The minimum Gasteiger partial charge on any atom is -0.389 e. The number of piperidine rings is 3. The number of fused-ring (bicyclic) bond motifs is 4. The summed E-state index contributed by atoms with van der Waals surface area (Å²) in [5, 5.41) is 38.8. The molecule has 10 heteroatoms. The molecule has 0 aromatic carbocycles. The fourth-order valence-corrected chi connectivity index (χ4v) is 6.31. The largest absolute Gasteiger partial charge is 0.389 e. The minimum absolute atomic E-state index is 0.223. The number of aliphatic hydroxyl groups is 1. The molecule has 4 aromatic heterocycles. The summed E-state index contributed by atoms with van der Waals surface area (Å²) in [4.78, 5) is 4.77. The molecule has 2 bridgehead atoms. The van der Waals surface area contributed by atoms with Crippen LogP contribution in [-0.4, -0.2) is 61.2 Å². The molecule has 2 N–H and O–H groups in total. The molecule has 3 aliphatic rings. The van der Waals surface area contributed by atoms with Crippen LogP contribution in [0.4, 0.5) is 10.8 Å². The molecule has 0 radical (unpaired) electrons. The third-order valence-electron chi connectivity index (χ3n) is 7.31. The topological polar surface area (TPSA) is 112 Å². The normalized spacial score (nSPS) is 23.6. The van der Waals surface area contributed by atoms with Crippen molar-refractivity contribution in [2.75, 3.05) is 25.0 Å². The number of aromatic nitrogens is 5. The zero-order valence-electron chi connectivity index (χ0n) is 19.8. The summed E-state index contributed by atoms with van der Waals surface area (Å²) in [5.41, 5.74) is 4.41. The van der Waals surface area contributed by atoms with Crippen LogP contribution in [0.1, 0.15) is 38.7 Å². The molecule has 7 heterocycles. The lowest BCUT2D eigenvalue weighted by Crippen LogP contribution is -2.65. The van der Waals surface area contributed by atoms with Gasteiger partial charge in [0, 0.05) is 37.2 Å². The average molecular weight is 488 g/mol. The molecular formula is C25H27N8OS+. The first-order valence-corrected chi connectivity index (χ1v) is 12.8. The SMILES string of the molecule is CC(C)Nc1cc(-c2ccc3cc(C#N)cnn23)ncc1-c1nnc([N+]23CCC(O)(CC2)CC3)s1. The van der Waals surface area contributed by atoms with Crippen LogP contribution in [0.15, 0.2) is 36.7 Å². The highest BCUT2D eigenvalue weighted by Crippen LogP contribution is 2.44. The van der Waals surface area contributed by atoms with Crippen molar-refractivity contribution < 1.29 is 5.11 Å². The molecule has 0 saturated carbocycles.